The van der Waals surface area contributed by atoms with Crippen molar-refractivity contribution < 1.29 is 9.13 Å². The van der Waals surface area contributed by atoms with E-state index >= 15 is 0 Å². The first kappa shape index (κ1) is 12.3. The van der Waals surface area contributed by atoms with E-state index in [0.717, 1.165) is 5.56 Å². The summed E-state index contributed by atoms with van der Waals surface area (Å²) in [5, 5.41) is 10.5. The molecule has 5 heteroatoms. The second kappa shape index (κ2) is 5.44. The van der Waals surface area contributed by atoms with Crippen molar-refractivity contribution in [1.82, 2.24) is 10.2 Å². The number of anilines is 1. The van der Waals surface area contributed by atoms with Crippen LogP contribution in [-0.2, 0) is 6.61 Å². The molecule has 0 bridgehead atoms. The molecule has 0 aliphatic carbocycles. The number of ether oxygens (including phenoxy) is 1. The average molecular weight is 247 g/mol. The Morgan fingerprint density at radius 3 is 2.94 bits per heavy atom. The van der Waals surface area contributed by atoms with Crippen molar-refractivity contribution in [2.24, 2.45) is 0 Å². The van der Waals surface area contributed by atoms with Crippen molar-refractivity contribution in [3.05, 3.63) is 47.4 Å². The molecule has 0 radical (unpaired) electrons. The lowest BCUT2D eigenvalue weighted by Crippen LogP contribution is -2.04. The number of rotatable bonds is 4. The number of hydrogen-bond acceptors (Lipinski definition) is 4. The van der Waals surface area contributed by atoms with E-state index in [2.05, 4.69) is 15.5 Å². The summed E-state index contributed by atoms with van der Waals surface area (Å²) in [6.07, 6.45) is 1.63. The van der Waals surface area contributed by atoms with Gasteiger partial charge >= 0.3 is 0 Å². The molecule has 1 heterocycles. The van der Waals surface area contributed by atoms with Crippen molar-refractivity contribution in [2.45, 2.75) is 13.5 Å². The third-order valence-electron chi connectivity index (χ3n) is 2.52. The van der Waals surface area contributed by atoms with E-state index in [1.54, 1.807) is 31.4 Å². The second-order valence-corrected chi connectivity index (χ2v) is 3.88. The normalized spacial score (nSPS) is 10.2. The Bertz CT molecular complexity index is 546. The molecular formula is C13H14FN3O. The highest BCUT2D eigenvalue weighted by Crippen LogP contribution is 2.20. The van der Waals surface area contributed by atoms with E-state index in [9.17, 15) is 4.39 Å². The zero-order valence-corrected chi connectivity index (χ0v) is 10.3. The van der Waals surface area contributed by atoms with Crippen LogP contribution in [0, 0.1) is 12.7 Å². The number of nitrogens with one attached hydrogen (secondary N) is 1. The molecule has 0 amide bonds. The van der Waals surface area contributed by atoms with Gasteiger partial charge in [-0.05, 0) is 24.6 Å². The summed E-state index contributed by atoms with van der Waals surface area (Å²) in [4.78, 5) is 0. The lowest BCUT2D eigenvalue weighted by Gasteiger charge is -2.11. The van der Waals surface area contributed by atoms with E-state index in [0.29, 0.717) is 17.1 Å². The molecule has 0 atom stereocenters. The molecule has 18 heavy (non-hydrogen) atoms. The highest BCUT2D eigenvalue weighted by molar-refractivity contribution is 5.51. The fraction of sp³-hybridized carbons (Fsp3) is 0.231. The summed E-state index contributed by atoms with van der Waals surface area (Å²) in [6, 6.07) is 6.61. The van der Waals surface area contributed by atoms with Crippen LogP contribution in [0.2, 0.25) is 0 Å². The molecule has 1 aromatic heterocycles. The molecule has 0 fully saturated rings. The van der Waals surface area contributed by atoms with Crippen LogP contribution in [0.3, 0.4) is 0 Å². The lowest BCUT2D eigenvalue weighted by atomic mass is 10.2. The molecule has 0 saturated heterocycles. The maximum Gasteiger partial charge on any atom is 0.233 e. The minimum Gasteiger partial charge on any atom is -0.472 e. The highest BCUT2D eigenvalue weighted by Gasteiger charge is 2.08. The lowest BCUT2D eigenvalue weighted by molar-refractivity contribution is 0.285. The van der Waals surface area contributed by atoms with Crippen LogP contribution in [-0.4, -0.2) is 17.2 Å². The van der Waals surface area contributed by atoms with Crippen molar-refractivity contribution >= 4 is 5.69 Å². The number of nitrogens with zero attached hydrogens (tertiary/aromatic N) is 2. The van der Waals surface area contributed by atoms with Gasteiger partial charge in [0.25, 0.3) is 0 Å². The zero-order valence-electron chi connectivity index (χ0n) is 10.3. The smallest absolute Gasteiger partial charge is 0.233 e. The molecule has 94 valence electrons. The monoisotopic (exact) mass is 247 g/mol. The summed E-state index contributed by atoms with van der Waals surface area (Å²) < 4.78 is 19.1. The Kier molecular flexibility index (Phi) is 3.72. The molecule has 4 nitrogen and oxygen atoms in total. The van der Waals surface area contributed by atoms with E-state index in [4.69, 9.17) is 4.74 Å². The third-order valence-corrected chi connectivity index (χ3v) is 2.52. The molecule has 2 aromatic rings. The van der Waals surface area contributed by atoms with Crippen molar-refractivity contribution in [3.63, 3.8) is 0 Å². The molecule has 2 rings (SSSR count). The Labute approximate surface area is 105 Å². The Balaban J connectivity index is 2.15. The summed E-state index contributed by atoms with van der Waals surface area (Å²) in [7, 11) is 1.74. The summed E-state index contributed by atoms with van der Waals surface area (Å²) in [5.74, 6) is 0.0859. The van der Waals surface area contributed by atoms with Gasteiger partial charge in [0, 0.05) is 24.4 Å². The largest absolute Gasteiger partial charge is 0.472 e. The summed E-state index contributed by atoms with van der Waals surface area (Å²) in [5.41, 5.74) is 2.13. The van der Waals surface area contributed by atoms with Gasteiger partial charge < -0.3 is 10.1 Å². The van der Waals surface area contributed by atoms with Crippen LogP contribution in [0.5, 0.6) is 5.88 Å². The van der Waals surface area contributed by atoms with Gasteiger partial charge in [-0.25, -0.2) is 4.39 Å². The number of aryl methyl sites for hydroxylation is 1. The van der Waals surface area contributed by atoms with Gasteiger partial charge in [-0.3, -0.25) is 0 Å². The minimum atomic E-state index is -0.303. The van der Waals surface area contributed by atoms with Crippen LogP contribution in [0.1, 0.15) is 11.1 Å². The van der Waals surface area contributed by atoms with Crippen LogP contribution in [0.4, 0.5) is 10.1 Å². The van der Waals surface area contributed by atoms with Crippen LogP contribution >= 0.6 is 0 Å². The molecule has 0 aliphatic heterocycles. The molecule has 1 aromatic carbocycles. The first-order valence-corrected chi connectivity index (χ1v) is 5.58. The predicted octanol–water partition coefficient (Wildman–Crippen LogP) is 2.54. The molecule has 0 aliphatic rings. The van der Waals surface area contributed by atoms with Crippen molar-refractivity contribution in [2.75, 3.05) is 12.4 Å². The van der Waals surface area contributed by atoms with Crippen molar-refractivity contribution in [1.29, 1.82) is 0 Å². The molecule has 0 saturated carbocycles. The standard InChI is InChI=1S/C13H14FN3O/c1-9-6-13(17-16-7-9)18-8-10-11(14)4-3-5-12(10)15-2/h3-7,15H,8H2,1-2H3. The fourth-order valence-corrected chi connectivity index (χ4v) is 1.59. The molecule has 0 unspecified atom stereocenters. The predicted molar refractivity (Wildman–Crippen MR) is 67.0 cm³/mol. The fourth-order valence-electron chi connectivity index (χ4n) is 1.59. The van der Waals surface area contributed by atoms with Crippen LogP contribution in [0.25, 0.3) is 0 Å². The average Bonchev–Trinajstić information content (AvgIpc) is 2.37. The first-order chi connectivity index (χ1) is 8.70. The third kappa shape index (κ3) is 2.74. The van der Waals surface area contributed by atoms with Gasteiger partial charge in [-0.1, -0.05) is 6.07 Å². The zero-order chi connectivity index (χ0) is 13.0. The number of halogens is 1. The Morgan fingerprint density at radius 2 is 2.22 bits per heavy atom. The first-order valence-electron chi connectivity index (χ1n) is 5.58. The SMILES string of the molecule is CNc1cccc(F)c1COc1cc(C)cnn1. The van der Waals surface area contributed by atoms with Crippen molar-refractivity contribution in [3.8, 4) is 5.88 Å². The molecule has 0 spiro atoms. The quantitative estimate of drug-likeness (QED) is 0.902. The Morgan fingerprint density at radius 1 is 1.39 bits per heavy atom. The maximum atomic E-state index is 13.7. The van der Waals surface area contributed by atoms with E-state index in [-0.39, 0.29) is 12.4 Å². The van der Waals surface area contributed by atoms with Gasteiger partial charge in [0.2, 0.25) is 5.88 Å². The van der Waals surface area contributed by atoms with E-state index < -0.39 is 0 Å². The highest BCUT2D eigenvalue weighted by atomic mass is 19.1. The van der Waals surface area contributed by atoms with Gasteiger partial charge in [0.15, 0.2) is 0 Å². The molecular weight excluding hydrogens is 233 g/mol. The van der Waals surface area contributed by atoms with Gasteiger partial charge in [0.05, 0.1) is 6.20 Å². The summed E-state index contributed by atoms with van der Waals surface area (Å²) in [6.45, 7) is 2.00. The maximum absolute atomic E-state index is 13.7. The number of benzene rings is 1. The topological polar surface area (TPSA) is 47.0 Å². The molecule has 1 N–H and O–H groups in total. The second-order valence-electron chi connectivity index (χ2n) is 3.88. The van der Waals surface area contributed by atoms with Gasteiger partial charge in [0.1, 0.15) is 12.4 Å². The van der Waals surface area contributed by atoms with E-state index in [1.807, 2.05) is 6.92 Å². The minimum absolute atomic E-state index is 0.112. The number of hydrogen-bond donors (Lipinski definition) is 1. The van der Waals surface area contributed by atoms with E-state index in [1.165, 1.54) is 6.07 Å². The Hall–Kier alpha value is -2.17. The van der Waals surface area contributed by atoms with Crippen LogP contribution in [0.15, 0.2) is 30.5 Å². The van der Waals surface area contributed by atoms with Gasteiger partial charge in [-0.2, -0.15) is 5.10 Å². The van der Waals surface area contributed by atoms with Crippen LogP contribution < -0.4 is 10.1 Å². The summed E-state index contributed by atoms with van der Waals surface area (Å²) >= 11 is 0. The number of aromatic nitrogens is 2. The van der Waals surface area contributed by atoms with Gasteiger partial charge in [-0.15, -0.1) is 5.10 Å².